The lowest BCUT2D eigenvalue weighted by molar-refractivity contribution is 0.254. The van der Waals surface area contributed by atoms with E-state index in [1.165, 1.54) is 38.8 Å². The van der Waals surface area contributed by atoms with E-state index in [0.717, 1.165) is 6.04 Å². The fourth-order valence-corrected chi connectivity index (χ4v) is 1.62. The summed E-state index contributed by atoms with van der Waals surface area (Å²) in [6.45, 7) is 2.39. The maximum atomic E-state index is 3.48. The van der Waals surface area contributed by atoms with Gasteiger partial charge in [0.05, 0.1) is 0 Å². The highest BCUT2D eigenvalue weighted by molar-refractivity contribution is 5.85. The SMILES string of the molecule is CN(C)C1CCCCCNC1.Cl. The van der Waals surface area contributed by atoms with E-state index in [0.29, 0.717) is 0 Å². The number of hydrogen-bond donors (Lipinski definition) is 1. The Bertz CT molecular complexity index is 98.7. The third kappa shape index (κ3) is 4.29. The van der Waals surface area contributed by atoms with Gasteiger partial charge in [-0.1, -0.05) is 12.8 Å². The maximum absolute atomic E-state index is 3.48. The molecule has 0 bridgehead atoms. The van der Waals surface area contributed by atoms with Gasteiger partial charge in [-0.3, -0.25) is 0 Å². The summed E-state index contributed by atoms with van der Waals surface area (Å²) in [6.07, 6.45) is 5.53. The van der Waals surface area contributed by atoms with Gasteiger partial charge < -0.3 is 10.2 Å². The van der Waals surface area contributed by atoms with Crippen molar-refractivity contribution in [1.29, 1.82) is 0 Å². The summed E-state index contributed by atoms with van der Waals surface area (Å²) in [4.78, 5) is 2.33. The minimum absolute atomic E-state index is 0. The molecule has 1 saturated heterocycles. The highest BCUT2D eigenvalue weighted by Crippen LogP contribution is 2.08. The van der Waals surface area contributed by atoms with Gasteiger partial charge in [0.25, 0.3) is 0 Å². The van der Waals surface area contributed by atoms with Crippen LogP contribution < -0.4 is 5.32 Å². The summed E-state index contributed by atoms with van der Waals surface area (Å²) >= 11 is 0. The van der Waals surface area contributed by atoms with Crippen LogP contribution in [0.5, 0.6) is 0 Å². The zero-order valence-electron chi connectivity index (χ0n) is 8.18. The van der Waals surface area contributed by atoms with Crippen LogP contribution in [0.25, 0.3) is 0 Å². The first-order chi connectivity index (χ1) is 5.30. The molecule has 1 fully saturated rings. The summed E-state index contributed by atoms with van der Waals surface area (Å²) in [5.74, 6) is 0. The molecule has 12 heavy (non-hydrogen) atoms. The van der Waals surface area contributed by atoms with Gasteiger partial charge in [0, 0.05) is 12.6 Å². The van der Waals surface area contributed by atoms with Crippen molar-refractivity contribution in [2.45, 2.75) is 31.7 Å². The van der Waals surface area contributed by atoms with Crippen molar-refractivity contribution in [2.24, 2.45) is 0 Å². The molecule has 1 unspecified atom stereocenters. The largest absolute Gasteiger partial charge is 0.315 e. The molecule has 0 saturated carbocycles. The zero-order chi connectivity index (χ0) is 8.10. The van der Waals surface area contributed by atoms with Gasteiger partial charge in [-0.15, -0.1) is 12.4 Å². The van der Waals surface area contributed by atoms with Gasteiger partial charge in [-0.05, 0) is 33.5 Å². The molecule has 0 radical (unpaired) electrons. The minimum Gasteiger partial charge on any atom is -0.315 e. The average Bonchev–Trinajstić information content (AvgIpc) is 1.84. The molecule has 0 aliphatic carbocycles. The number of rotatable bonds is 1. The molecule has 0 aromatic carbocycles. The number of nitrogens with one attached hydrogen (secondary N) is 1. The Kier molecular flexibility index (Phi) is 6.81. The monoisotopic (exact) mass is 192 g/mol. The standard InChI is InChI=1S/C9H20N2.ClH/c1-11(2)9-6-4-3-5-7-10-8-9;/h9-10H,3-8H2,1-2H3;1H. The first-order valence-corrected chi connectivity index (χ1v) is 4.68. The molecule has 74 valence electrons. The second kappa shape index (κ2) is 6.70. The molecule has 0 amide bonds. The number of hydrogen-bond acceptors (Lipinski definition) is 2. The van der Waals surface area contributed by atoms with Gasteiger partial charge in [0.15, 0.2) is 0 Å². The molecular weight excluding hydrogens is 172 g/mol. The molecule has 1 heterocycles. The summed E-state index contributed by atoms with van der Waals surface area (Å²) in [5, 5.41) is 3.48. The predicted octanol–water partition coefficient (Wildman–Crippen LogP) is 1.50. The van der Waals surface area contributed by atoms with E-state index in [1.807, 2.05) is 0 Å². The lowest BCUT2D eigenvalue weighted by Crippen LogP contribution is -2.39. The van der Waals surface area contributed by atoms with E-state index in [2.05, 4.69) is 24.3 Å². The molecule has 1 aliphatic rings. The molecule has 3 heteroatoms. The number of likely N-dealkylation sites (N-methyl/N-ethyl adjacent to an activating group) is 1. The fraction of sp³-hybridized carbons (Fsp3) is 1.00. The van der Waals surface area contributed by atoms with Gasteiger partial charge in [0.1, 0.15) is 0 Å². The first kappa shape index (κ1) is 12.2. The Hall–Kier alpha value is 0.210. The van der Waals surface area contributed by atoms with Crippen LogP contribution in [0, 0.1) is 0 Å². The van der Waals surface area contributed by atoms with Crippen LogP contribution in [-0.4, -0.2) is 38.1 Å². The first-order valence-electron chi connectivity index (χ1n) is 4.68. The quantitative estimate of drug-likeness (QED) is 0.678. The Morgan fingerprint density at radius 3 is 2.58 bits per heavy atom. The summed E-state index contributed by atoms with van der Waals surface area (Å²) in [7, 11) is 4.35. The third-order valence-corrected chi connectivity index (χ3v) is 2.50. The Morgan fingerprint density at radius 1 is 1.17 bits per heavy atom. The van der Waals surface area contributed by atoms with Gasteiger partial charge in [0.2, 0.25) is 0 Å². The molecule has 2 nitrogen and oxygen atoms in total. The van der Waals surface area contributed by atoms with Crippen LogP contribution in [-0.2, 0) is 0 Å². The second-order valence-corrected chi connectivity index (χ2v) is 3.67. The predicted molar refractivity (Wildman–Crippen MR) is 56.1 cm³/mol. The molecule has 0 spiro atoms. The smallest absolute Gasteiger partial charge is 0.0214 e. The summed E-state index contributed by atoms with van der Waals surface area (Å²) in [5.41, 5.74) is 0. The fourth-order valence-electron chi connectivity index (χ4n) is 1.62. The van der Waals surface area contributed by atoms with E-state index in [9.17, 15) is 0 Å². The molecule has 1 rings (SSSR count). The average molecular weight is 193 g/mol. The van der Waals surface area contributed by atoms with Crippen molar-refractivity contribution in [3.05, 3.63) is 0 Å². The molecule has 0 aromatic rings. The van der Waals surface area contributed by atoms with Gasteiger partial charge >= 0.3 is 0 Å². The van der Waals surface area contributed by atoms with E-state index < -0.39 is 0 Å². The van der Waals surface area contributed by atoms with E-state index in [4.69, 9.17) is 0 Å². The molecular formula is C9H21ClN2. The van der Waals surface area contributed by atoms with Crippen molar-refractivity contribution in [2.75, 3.05) is 27.2 Å². The van der Waals surface area contributed by atoms with Crippen molar-refractivity contribution in [3.8, 4) is 0 Å². The van der Waals surface area contributed by atoms with E-state index in [-0.39, 0.29) is 12.4 Å². The molecule has 1 N–H and O–H groups in total. The van der Waals surface area contributed by atoms with Crippen LogP contribution in [0.2, 0.25) is 0 Å². The van der Waals surface area contributed by atoms with Crippen LogP contribution in [0.15, 0.2) is 0 Å². The highest BCUT2D eigenvalue weighted by Gasteiger charge is 2.11. The summed E-state index contributed by atoms with van der Waals surface area (Å²) < 4.78 is 0. The van der Waals surface area contributed by atoms with Crippen LogP contribution in [0.3, 0.4) is 0 Å². The minimum atomic E-state index is 0. The Balaban J connectivity index is 0.00000121. The number of halogens is 1. The molecule has 0 aromatic heterocycles. The normalized spacial score (nSPS) is 25.8. The number of nitrogens with zero attached hydrogens (tertiary/aromatic N) is 1. The lowest BCUT2D eigenvalue weighted by atomic mass is 10.1. The second-order valence-electron chi connectivity index (χ2n) is 3.67. The van der Waals surface area contributed by atoms with Crippen molar-refractivity contribution in [1.82, 2.24) is 10.2 Å². The van der Waals surface area contributed by atoms with Crippen LogP contribution in [0.4, 0.5) is 0 Å². The van der Waals surface area contributed by atoms with Crippen LogP contribution >= 0.6 is 12.4 Å². The van der Waals surface area contributed by atoms with Crippen LogP contribution in [0.1, 0.15) is 25.7 Å². The van der Waals surface area contributed by atoms with Crippen molar-refractivity contribution >= 4 is 12.4 Å². The molecule has 1 atom stereocenters. The lowest BCUT2D eigenvalue weighted by Gasteiger charge is -2.26. The highest BCUT2D eigenvalue weighted by atomic mass is 35.5. The van der Waals surface area contributed by atoms with Gasteiger partial charge in [-0.2, -0.15) is 0 Å². The van der Waals surface area contributed by atoms with Crippen molar-refractivity contribution < 1.29 is 0 Å². The molecule has 1 aliphatic heterocycles. The maximum Gasteiger partial charge on any atom is 0.0214 e. The van der Waals surface area contributed by atoms with Gasteiger partial charge in [-0.25, -0.2) is 0 Å². The third-order valence-electron chi connectivity index (χ3n) is 2.50. The Labute approximate surface area is 82.1 Å². The Morgan fingerprint density at radius 2 is 1.92 bits per heavy atom. The summed E-state index contributed by atoms with van der Waals surface area (Å²) in [6, 6.07) is 0.760. The van der Waals surface area contributed by atoms with E-state index >= 15 is 0 Å². The zero-order valence-corrected chi connectivity index (χ0v) is 8.99. The topological polar surface area (TPSA) is 15.3 Å². The van der Waals surface area contributed by atoms with E-state index in [1.54, 1.807) is 0 Å². The van der Waals surface area contributed by atoms with Crippen molar-refractivity contribution in [3.63, 3.8) is 0 Å².